The van der Waals surface area contributed by atoms with Crippen LogP contribution in [0.1, 0.15) is 45.1 Å². The zero-order valence-electron chi connectivity index (χ0n) is 18.8. The normalized spacial score (nSPS) is 10.5. The summed E-state index contributed by atoms with van der Waals surface area (Å²) in [5, 5.41) is 0. The summed E-state index contributed by atoms with van der Waals surface area (Å²) in [4.78, 5) is 61.2. The van der Waals surface area contributed by atoms with Crippen molar-refractivity contribution in [2.24, 2.45) is 0 Å². The van der Waals surface area contributed by atoms with Crippen molar-refractivity contribution in [2.75, 3.05) is 38.8 Å². The Bertz CT molecular complexity index is 788. The molecule has 0 unspecified atom stereocenters. The van der Waals surface area contributed by atoms with E-state index in [4.69, 9.17) is 4.74 Å². The Labute approximate surface area is 183 Å². The summed E-state index contributed by atoms with van der Waals surface area (Å²) in [6.07, 6.45) is 0.943. The predicted molar refractivity (Wildman–Crippen MR) is 117 cm³/mol. The number of carbonyl (C=O) groups excluding carboxylic acids is 5. The SMILES string of the molecule is CC(=O)CCCOCCN(C)C(=O)CC(=O)N(C)c1ccc(CC(=O)CC(C)=O)cc1. The molecule has 170 valence electrons. The van der Waals surface area contributed by atoms with E-state index in [9.17, 15) is 24.0 Å². The molecule has 0 saturated heterocycles. The largest absolute Gasteiger partial charge is 0.380 e. The fraction of sp³-hybridized carbons (Fsp3) is 0.522. The van der Waals surface area contributed by atoms with Gasteiger partial charge in [0.05, 0.1) is 13.0 Å². The van der Waals surface area contributed by atoms with Gasteiger partial charge in [-0.25, -0.2) is 0 Å². The summed E-state index contributed by atoms with van der Waals surface area (Å²) in [6, 6.07) is 6.87. The first-order valence-corrected chi connectivity index (χ1v) is 10.3. The zero-order valence-corrected chi connectivity index (χ0v) is 18.8. The quantitative estimate of drug-likeness (QED) is 0.329. The van der Waals surface area contributed by atoms with Crippen LogP contribution < -0.4 is 4.90 Å². The number of likely N-dealkylation sites (N-methyl/N-ethyl adjacent to an activating group) is 1. The number of ketones is 3. The van der Waals surface area contributed by atoms with Gasteiger partial charge in [0, 0.05) is 45.8 Å². The Balaban J connectivity index is 2.44. The average Bonchev–Trinajstić information content (AvgIpc) is 2.69. The van der Waals surface area contributed by atoms with E-state index in [-0.39, 0.29) is 48.4 Å². The van der Waals surface area contributed by atoms with Crippen molar-refractivity contribution in [1.82, 2.24) is 4.90 Å². The Morgan fingerprint density at radius 3 is 2.06 bits per heavy atom. The fourth-order valence-electron chi connectivity index (χ4n) is 2.78. The number of benzene rings is 1. The van der Waals surface area contributed by atoms with E-state index < -0.39 is 0 Å². The molecule has 0 bridgehead atoms. The van der Waals surface area contributed by atoms with E-state index >= 15 is 0 Å². The van der Waals surface area contributed by atoms with Gasteiger partial charge in [-0.2, -0.15) is 0 Å². The van der Waals surface area contributed by atoms with Crippen molar-refractivity contribution in [1.29, 1.82) is 0 Å². The zero-order chi connectivity index (χ0) is 23.4. The standard InChI is InChI=1S/C23H32N2O6/c1-17(26)6-5-12-31-13-11-24(3)22(29)16-23(30)25(4)20-9-7-19(8-10-20)15-21(28)14-18(2)27/h7-10H,5-6,11-16H2,1-4H3. The molecule has 0 fully saturated rings. The molecule has 0 spiro atoms. The number of ether oxygens (including phenoxy) is 1. The number of hydrogen-bond acceptors (Lipinski definition) is 6. The molecule has 0 saturated carbocycles. The second-order valence-corrected chi connectivity index (χ2v) is 7.62. The van der Waals surface area contributed by atoms with Gasteiger partial charge in [0.15, 0.2) is 0 Å². The van der Waals surface area contributed by atoms with E-state index in [0.29, 0.717) is 38.3 Å². The van der Waals surface area contributed by atoms with Crippen molar-refractivity contribution in [3.63, 3.8) is 0 Å². The van der Waals surface area contributed by atoms with Crippen molar-refractivity contribution < 1.29 is 28.7 Å². The molecule has 0 aromatic heterocycles. The molecule has 8 nitrogen and oxygen atoms in total. The summed E-state index contributed by atoms with van der Waals surface area (Å²) in [7, 11) is 3.20. The van der Waals surface area contributed by atoms with Crippen LogP contribution in [-0.2, 0) is 35.1 Å². The molecule has 1 rings (SSSR count). The Hall–Kier alpha value is -2.87. The summed E-state index contributed by atoms with van der Waals surface area (Å²) in [5.41, 5.74) is 1.37. The molecular weight excluding hydrogens is 400 g/mol. The maximum atomic E-state index is 12.4. The second kappa shape index (κ2) is 13.4. The van der Waals surface area contributed by atoms with Gasteiger partial charge >= 0.3 is 0 Å². The minimum Gasteiger partial charge on any atom is -0.380 e. The van der Waals surface area contributed by atoms with Crippen LogP contribution in [0.5, 0.6) is 0 Å². The van der Waals surface area contributed by atoms with E-state index in [2.05, 4.69) is 0 Å². The highest BCUT2D eigenvalue weighted by atomic mass is 16.5. The first-order chi connectivity index (χ1) is 14.6. The minimum absolute atomic E-state index is 0.0841. The van der Waals surface area contributed by atoms with E-state index in [1.807, 2.05) is 0 Å². The van der Waals surface area contributed by atoms with Gasteiger partial charge in [-0.15, -0.1) is 0 Å². The number of Topliss-reactive ketones (excluding diaryl/α,β-unsaturated/α-hetero) is 3. The van der Waals surface area contributed by atoms with Crippen LogP contribution >= 0.6 is 0 Å². The summed E-state index contributed by atoms with van der Waals surface area (Å²) in [5.74, 6) is -0.854. The number of anilines is 1. The van der Waals surface area contributed by atoms with Crippen LogP contribution in [0.3, 0.4) is 0 Å². The number of nitrogens with zero attached hydrogens (tertiary/aromatic N) is 2. The first kappa shape index (κ1) is 26.2. The van der Waals surface area contributed by atoms with Gasteiger partial charge in [-0.1, -0.05) is 12.1 Å². The molecule has 0 atom stereocenters. The highest BCUT2D eigenvalue weighted by Gasteiger charge is 2.18. The molecule has 0 heterocycles. The van der Waals surface area contributed by atoms with Gasteiger partial charge in [0.1, 0.15) is 23.8 Å². The smallest absolute Gasteiger partial charge is 0.236 e. The lowest BCUT2D eigenvalue weighted by Gasteiger charge is -2.21. The summed E-state index contributed by atoms with van der Waals surface area (Å²) in [6.45, 7) is 4.07. The lowest BCUT2D eigenvalue weighted by molar-refractivity contribution is -0.135. The summed E-state index contributed by atoms with van der Waals surface area (Å²) >= 11 is 0. The van der Waals surface area contributed by atoms with Gasteiger partial charge in [0.25, 0.3) is 0 Å². The number of amides is 2. The third kappa shape index (κ3) is 10.6. The Morgan fingerprint density at radius 2 is 1.48 bits per heavy atom. The van der Waals surface area contributed by atoms with Gasteiger partial charge in [0.2, 0.25) is 11.8 Å². The van der Waals surface area contributed by atoms with Gasteiger partial charge in [-0.05, 0) is 38.0 Å². The monoisotopic (exact) mass is 432 g/mol. The number of rotatable bonds is 14. The molecule has 0 aliphatic rings. The molecule has 2 amide bonds. The van der Waals surface area contributed by atoms with Crippen LogP contribution in [0.4, 0.5) is 5.69 Å². The maximum absolute atomic E-state index is 12.4. The Morgan fingerprint density at radius 1 is 0.839 bits per heavy atom. The van der Waals surface area contributed by atoms with Crippen molar-refractivity contribution in [3.05, 3.63) is 29.8 Å². The number of carbonyl (C=O) groups is 5. The third-order valence-corrected chi connectivity index (χ3v) is 4.66. The molecule has 1 aromatic carbocycles. The van der Waals surface area contributed by atoms with Gasteiger partial charge < -0.3 is 19.3 Å². The molecular formula is C23H32N2O6. The van der Waals surface area contributed by atoms with Gasteiger partial charge in [-0.3, -0.25) is 19.2 Å². The fourth-order valence-corrected chi connectivity index (χ4v) is 2.78. The second-order valence-electron chi connectivity index (χ2n) is 7.62. The van der Waals surface area contributed by atoms with E-state index in [0.717, 1.165) is 5.56 Å². The topological polar surface area (TPSA) is 101 Å². The molecule has 1 aromatic rings. The lowest BCUT2D eigenvalue weighted by atomic mass is 10.1. The molecule has 0 aliphatic carbocycles. The Kier molecular flexibility index (Phi) is 11.3. The maximum Gasteiger partial charge on any atom is 0.236 e. The predicted octanol–water partition coefficient (Wildman–Crippen LogP) is 1.97. The van der Waals surface area contributed by atoms with Crippen molar-refractivity contribution in [2.45, 2.75) is 46.0 Å². The number of hydrogen-bond donors (Lipinski definition) is 0. The van der Waals surface area contributed by atoms with E-state index in [1.165, 1.54) is 23.6 Å². The van der Waals surface area contributed by atoms with Crippen LogP contribution in [-0.4, -0.2) is 67.9 Å². The molecule has 31 heavy (non-hydrogen) atoms. The molecule has 0 aliphatic heterocycles. The average molecular weight is 433 g/mol. The van der Waals surface area contributed by atoms with Crippen LogP contribution in [0.2, 0.25) is 0 Å². The highest BCUT2D eigenvalue weighted by Crippen LogP contribution is 2.16. The lowest BCUT2D eigenvalue weighted by Crippen LogP contribution is -2.36. The van der Waals surface area contributed by atoms with Crippen molar-refractivity contribution >= 4 is 34.9 Å². The third-order valence-electron chi connectivity index (χ3n) is 4.66. The molecule has 0 radical (unpaired) electrons. The van der Waals surface area contributed by atoms with Crippen LogP contribution in [0.25, 0.3) is 0 Å². The summed E-state index contributed by atoms with van der Waals surface area (Å²) < 4.78 is 5.40. The highest BCUT2D eigenvalue weighted by molar-refractivity contribution is 6.04. The minimum atomic E-state index is -0.348. The molecule has 8 heteroatoms. The molecule has 0 N–H and O–H groups in total. The first-order valence-electron chi connectivity index (χ1n) is 10.3. The van der Waals surface area contributed by atoms with E-state index in [1.54, 1.807) is 38.4 Å². The van der Waals surface area contributed by atoms with Crippen molar-refractivity contribution in [3.8, 4) is 0 Å². The van der Waals surface area contributed by atoms with Crippen LogP contribution in [0.15, 0.2) is 24.3 Å². The van der Waals surface area contributed by atoms with Crippen LogP contribution in [0, 0.1) is 0 Å².